The summed E-state index contributed by atoms with van der Waals surface area (Å²) in [5, 5.41) is 3.42. The van der Waals surface area contributed by atoms with E-state index in [1.165, 1.54) is 12.8 Å². The van der Waals surface area contributed by atoms with E-state index < -0.39 is 0 Å². The van der Waals surface area contributed by atoms with Crippen LogP contribution in [0.5, 0.6) is 0 Å². The second-order valence-electron chi connectivity index (χ2n) is 5.02. The zero-order chi connectivity index (χ0) is 12.5. The van der Waals surface area contributed by atoms with Gasteiger partial charge >= 0.3 is 0 Å². The summed E-state index contributed by atoms with van der Waals surface area (Å²) in [4.78, 5) is 8.46. The summed E-state index contributed by atoms with van der Waals surface area (Å²) in [6, 6.07) is 2.13. The Morgan fingerprint density at radius 1 is 1.53 bits per heavy atom. The number of nitrogens with one attached hydrogen (secondary N) is 1. The molecule has 1 fully saturated rings. The van der Waals surface area contributed by atoms with Crippen LogP contribution in [0, 0.1) is 12.8 Å². The average Bonchev–Trinajstić information content (AvgIpc) is 3.12. The molecule has 2 atom stereocenters. The van der Waals surface area contributed by atoms with E-state index in [0.717, 1.165) is 11.6 Å². The van der Waals surface area contributed by atoms with E-state index in [2.05, 4.69) is 29.1 Å². The van der Waals surface area contributed by atoms with Gasteiger partial charge in [-0.05, 0) is 45.6 Å². The summed E-state index contributed by atoms with van der Waals surface area (Å²) >= 11 is 0. The molecule has 17 heavy (non-hydrogen) atoms. The fourth-order valence-corrected chi connectivity index (χ4v) is 2.26. The molecule has 4 nitrogen and oxygen atoms in total. The predicted octanol–water partition coefficient (Wildman–Crippen LogP) is 2.40. The van der Waals surface area contributed by atoms with Crippen molar-refractivity contribution in [2.75, 3.05) is 12.4 Å². The molecule has 0 aliphatic heterocycles. The molecule has 1 aliphatic carbocycles. The van der Waals surface area contributed by atoms with Gasteiger partial charge in [0.15, 0.2) is 0 Å². The van der Waals surface area contributed by atoms with Gasteiger partial charge in [-0.3, -0.25) is 0 Å². The van der Waals surface area contributed by atoms with E-state index in [1.54, 1.807) is 13.3 Å². The number of ether oxygens (including phenoxy) is 1. The summed E-state index contributed by atoms with van der Waals surface area (Å²) in [5.41, 5.74) is -0.112. The van der Waals surface area contributed by atoms with Crippen molar-refractivity contribution in [3.8, 4) is 0 Å². The molecular weight excluding hydrogens is 214 g/mol. The summed E-state index contributed by atoms with van der Waals surface area (Å²) in [6.07, 6.45) is 4.30. The summed E-state index contributed by atoms with van der Waals surface area (Å²) < 4.78 is 5.72. The lowest BCUT2D eigenvalue weighted by molar-refractivity contribution is -0.0246. The van der Waals surface area contributed by atoms with E-state index >= 15 is 0 Å². The lowest BCUT2D eigenvalue weighted by Gasteiger charge is -2.35. The Kier molecular flexibility index (Phi) is 3.33. The van der Waals surface area contributed by atoms with Crippen molar-refractivity contribution in [3.63, 3.8) is 0 Å². The number of hydrogen-bond donors (Lipinski definition) is 1. The number of methoxy groups -OCH3 is 1. The molecular formula is C13H21N3O. The lowest BCUT2D eigenvalue weighted by atomic mass is 9.92. The fourth-order valence-electron chi connectivity index (χ4n) is 2.26. The molecule has 0 aromatic carbocycles. The topological polar surface area (TPSA) is 47.0 Å². The van der Waals surface area contributed by atoms with Crippen molar-refractivity contribution in [2.24, 2.45) is 5.92 Å². The maximum atomic E-state index is 5.72. The van der Waals surface area contributed by atoms with Crippen molar-refractivity contribution in [3.05, 3.63) is 18.1 Å². The first-order valence-electron chi connectivity index (χ1n) is 6.17. The third-order valence-corrected chi connectivity index (χ3v) is 3.83. The Bertz CT molecular complexity index is 392. The molecule has 1 aromatic heterocycles. The summed E-state index contributed by atoms with van der Waals surface area (Å²) in [7, 11) is 1.79. The second-order valence-corrected chi connectivity index (χ2v) is 5.02. The van der Waals surface area contributed by atoms with Crippen LogP contribution >= 0.6 is 0 Å². The lowest BCUT2D eigenvalue weighted by Crippen LogP contribution is -2.46. The predicted molar refractivity (Wildman–Crippen MR) is 68.0 cm³/mol. The van der Waals surface area contributed by atoms with Gasteiger partial charge in [-0.2, -0.15) is 0 Å². The maximum Gasteiger partial charge on any atom is 0.129 e. The van der Waals surface area contributed by atoms with Crippen LogP contribution in [0.15, 0.2) is 12.3 Å². The minimum absolute atomic E-state index is 0.112. The minimum Gasteiger partial charge on any atom is -0.376 e. The fraction of sp³-hybridized carbons (Fsp3) is 0.692. The van der Waals surface area contributed by atoms with Gasteiger partial charge in [-0.15, -0.1) is 0 Å². The third kappa shape index (κ3) is 2.57. The number of anilines is 1. The number of aromatic nitrogens is 2. The quantitative estimate of drug-likeness (QED) is 0.851. The van der Waals surface area contributed by atoms with Crippen LogP contribution in [0.3, 0.4) is 0 Å². The van der Waals surface area contributed by atoms with Crippen molar-refractivity contribution >= 4 is 5.82 Å². The third-order valence-electron chi connectivity index (χ3n) is 3.83. The first kappa shape index (κ1) is 12.3. The normalized spacial score (nSPS) is 20.7. The molecule has 94 valence electrons. The highest BCUT2D eigenvalue weighted by Gasteiger charge is 2.45. The van der Waals surface area contributed by atoms with Crippen molar-refractivity contribution < 1.29 is 4.74 Å². The molecule has 1 aromatic rings. The van der Waals surface area contributed by atoms with E-state index in [4.69, 9.17) is 4.74 Å². The summed E-state index contributed by atoms with van der Waals surface area (Å²) in [5.74, 6) is 2.32. The molecule has 1 aliphatic rings. The molecule has 0 saturated heterocycles. The van der Waals surface area contributed by atoms with Gasteiger partial charge in [0.05, 0.1) is 11.6 Å². The van der Waals surface area contributed by atoms with Gasteiger partial charge < -0.3 is 10.1 Å². The Morgan fingerprint density at radius 2 is 2.24 bits per heavy atom. The molecule has 1 heterocycles. The van der Waals surface area contributed by atoms with Crippen LogP contribution < -0.4 is 5.32 Å². The minimum atomic E-state index is -0.112. The smallest absolute Gasteiger partial charge is 0.129 e. The van der Waals surface area contributed by atoms with E-state index in [1.807, 2.05) is 13.0 Å². The van der Waals surface area contributed by atoms with Crippen LogP contribution in [0.1, 0.15) is 32.5 Å². The highest BCUT2D eigenvalue weighted by molar-refractivity contribution is 5.35. The van der Waals surface area contributed by atoms with Crippen molar-refractivity contribution in [2.45, 2.75) is 45.3 Å². The monoisotopic (exact) mass is 235 g/mol. The molecule has 2 rings (SSSR count). The van der Waals surface area contributed by atoms with Gasteiger partial charge in [0.2, 0.25) is 0 Å². The van der Waals surface area contributed by atoms with Crippen LogP contribution in [0.4, 0.5) is 5.82 Å². The van der Waals surface area contributed by atoms with Crippen molar-refractivity contribution in [1.29, 1.82) is 0 Å². The molecule has 0 amide bonds. The highest BCUT2D eigenvalue weighted by atomic mass is 16.5. The Hall–Kier alpha value is -1.16. The van der Waals surface area contributed by atoms with Gasteiger partial charge in [0.25, 0.3) is 0 Å². The second kappa shape index (κ2) is 4.61. The Labute approximate surface area is 103 Å². The number of aryl methyl sites for hydroxylation is 1. The van der Waals surface area contributed by atoms with Gasteiger partial charge in [0, 0.05) is 13.3 Å². The number of hydrogen-bond acceptors (Lipinski definition) is 4. The molecule has 1 saturated carbocycles. The molecule has 0 radical (unpaired) electrons. The van der Waals surface area contributed by atoms with E-state index in [9.17, 15) is 0 Å². The Morgan fingerprint density at radius 3 is 2.76 bits per heavy atom. The van der Waals surface area contributed by atoms with Crippen LogP contribution in [0.25, 0.3) is 0 Å². The van der Waals surface area contributed by atoms with Gasteiger partial charge in [0.1, 0.15) is 11.6 Å². The standard InChI is InChI=1S/C13H21N3O/c1-9(13(3,17-4)11-5-6-11)15-12-7-8-14-10(2)16-12/h7-9,11H,5-6H2,1-4H3,(H,14,15,16)/t9-,13+/m1/s1. The maximum absolute atomic E-state index is 5.72. The summed E-state index contributed by atoms with van der Waals surface area (Å²) in [6.45, 7) is 6.22. The van der Waals surface area contributed by atoms with E-state index in [-0.39, 0.29) is 11.6 Å². The zero-order valence-corrected chi connectivity index (χ0v) is 11.0. The average molecular weight is 235 g/mol. The molecule has 1 N–H and O–H groups in total. The zero-order valence-electron chi connectivity index (χ0n) is 11.0. The first-order valence-corrected chi connectivity index (χ1v) is 6.17. The Balaban J connectivity index is 2.07. The first-order chi connectivity index (χ1) is 8.06. The highest BCUT2D eigenvalue weighted by Crippen LogP contribution is 2.43. The molecule has 0 spiro atoms. The SMILES string of the molecule is CO[C@](C)(C1CC1)[C@@H](C)Nc1ccnc(C)n1. The number of nitrogens with zero attached hydrogens (tertiary/aromatic N) is 2. The van der Waals surface area contributed by atoms with Crippen LogP contribution in [-0.2, 0) is 4.74 Å². The van der Waals surface area contributed by atoms with Gasteiger partial charge in [-0.1, -0.05) is 0 Å². The number of rotatable bonds is 5. The molecule has 0 unspecified atom stereocenters. The van der Waals surface area contributed by atoms with Crippen LogP contribution in [-0.4, -0.2) is 28.7 Å². The van der Waals surface area contributed by atoms with Gasteiger partial charge in [-0.25, -0.2) is 9.97 Å². The van der Waals surface area contributed by atoms with Crippen molar-refractivity contribution in [1.82, 2.24) is 9.97 Å². The van der Waals surface area contributed by atoms with E-state index in [0.29, 0.717) is 5.92 Å². The largest absolute Gasteiger partial charge is 0.376 e. The van der Waals surface area contributed by atoms with Crippen LogP contribution in [0.2, 0.25) is 0 Å². The molecule has 4 heteroatoms. The molecule has 0 bridgehead atoms.